The second kappa shape index (κ2) is 9.46. The first kappa shape index (κ1) is 21.9. The van der Waals surface area contributed by atoms with Gasteiger partial charge in [0, 0.05) is 44.4 Å². The Hall–Kier alpha value is -3.29. The van der Waals surface area contributed by atoms with Gasteiger partial charge >= 0.3 is 0 Å². The minimum atomic E-state index is -0.253. The molecule has 0 spiro atoms. The largest absolute Gasteiger partial charge is 0.353 e. The Labute approximate surface area is 187 Å². The van der Waals surface area contributed by atoms with Crippen molar-refractivity contribution in [2.75, 3.05) is 31.1 Å². The average molecular weight is 437 g/mol. The summed E-state index contributed by atoms with van der Waals surface area (Å²) in [5.41, 5.74) is 2.48. The van der Waals surface area contributed by atoms with Crippen LogP contribution in [0.4, 0.5) is 10.2 Å². The molecule has 4 rings (SSSR count). The molecule has 1 fully saturated rings. The highest BCUT2D eigenvalue weighted by Gasteiger charge is 2.23. The minimum absolute atomic E-state index is 0.0333. The van der Waals surface area contributed by atoms with Crippen LogP contribution in [0, 0.1) is 19.7 Å². The fourth-order valence-corrected chi connectivity index (χ4v) is 3.92. The number of carbonyl (C=O) groups is 1. The van der Waals surface area contributed by atoms with Crippen LogP contribution >= 0.6 is 0 Å². The van der Waals surface area contributed by atoms with E-state index >= 15 is 0 Å². The van der Waals surface area contributed by atoms with Gasteiger partial charge < -0.3 is 9.80 Å². The summed E-state index contributed by atoms with van der Waals surface area (Å²) >= 11 is 0. The molecule has 32 heavy (non-hydrogen) atoms. The van der Waals surface area contributed by atoms with E-state index < -0.39 is 0 Å². The van der Waals surface area contributed by atoms with Crippen molar-refractivity contribution in [1.29, 1.82) is 0 Å². The van der Waals surface area contributed by atoms with Crippen molar-refractivity contribution < 1.29 is 9.18 Å². The highest BCUT2D eigenvalue weighted by Crippen LogP contribution is 2.20. The van der Waals surface area contributed by atoms with E-state index in [0.717, 1.165) is 43.1 Å². The van der Waals surface area contributed by atoms with E-state index in [1.54, 1.807) is 23.7 Å². The van der Waals surface area contributed by atoms with Gasteiger partial charge in [-0.05, 0) is 61.7 Å². The molecule has 0 N–H and O–H groups in total. The Morgan fingerprint density at radius 3 is 2.56 bits per heavy atom. The van der Waals surface area contributed by atoms with Crippen molar-refractivity contribution in [1.82, 2.24) is 24.6 Å². The summed E-state index contributed by atoms with van der Waals surface area (Å²) in [6.07, 6.45) is 3.45. The number of benzene rings is 1. The zero-order chi connectivity index (χ0) is 22.7. The van der Waals surface area contributed by atoms with Crippen LogP contribution in [0.1, 0.15) is 30.3 Å². The summed E-state index contributed by atoms with van der Waals surface area (Å²) in [5, 5.41) is 4.59. The number of hydrogen-bond donors (Lipinski definition) is 0. The second-order valence-corrected chi connectivity index (χ2v) is 8.28. The number of hydrogen-bond acceptors (Lipinski definition) is 5. The maximum Gasteiger partial charge on any atom is 0.244 e. The monoisotopic (exact) mass is 436 g/mol. The summed E-state index contributed by atoms with van der Waals surface area (Å²) in [7, 11) is 0. The Morgan fingerprint density at radius 1 is 1.09 bits per heavy atom. The zero-order valence-corrected chi connectivity index (χ0v) is 18.9. The minimum Gasteiger partial charge on any atom is -0.353 e. The molecule has 3 heterocycles. The number of rotatable bonds is 6. The van der Waals surface area contributed by atoms with E-state index in [0.29, 0.717) is 24.5 Å². The molecule has 168 valence electrons. The lowest BCUT2D eigenvalue weighted by molar-refractivity contribution is -0.132. The third-order valence-corrected chi connectivity index (χ3v) is 5.78. The van der Waals surface area contributed by atoms with E-state index in [-0.39, 0.29) is 18.3 Å². The van der Waals surface area contributed by atoms with Crippen LogP contribution in [0.25, 0.3) is 11.4 Å². The Morgan fingerprint density at radius 2 is 1.88 bits per heavy atom. The van der Waals surface area contributed by atoms with E-state index in [1.807, 2.05) is 17.2 Å². The van der Waals surface area contributed by atoms with Gasteiger partial charge in [-0.2, -0.15) is 5.10 Å². The van der Waals surface area contributed by atoms with Crippen molar-refractivity contribution in [2.45, 2.75) is 40.2 Å². The highest BCUT2D eigenvalue weighted by atomic mass is 19.1. The SMILES string of the molecule is CCCc1nc(-c2ccc(F)c(C)c2)nn1CC(=O)N1CCN(c2cc(C)ccn2)CC1. The smallest absolute Gasteiger partial charge is 0.244 e. The first-order chi connectivity index (χ1) is 15.4. The van der Waals surface area contributed by atoms with E-state index in [1.165, 1.54) is 11.6 Å². The lowest BCUT2D eigenvalue weighted by Crippen LogP contribution is -2.50. The van der Waals surface area contributed by atoms with Crippen molar-refractivity contribution in [3.63, 3.8) is 0 Å². The van der Waals surface area contributed by atoms with Crippen LogP contribution in [-0.2, 0) is 17.8 Å². The summed E-state index contributed by atoms with van der Waals surface area (Å²) in [6.45, 7) is 8.80. The van der Waals surface area contributed by atoms with Crippen molar-refractivity contribution in [3.8, 4) is 11.4 Å². The lowest BCUT2D eigenvalue weighted by Gasteiger charge is -2.35. The van der Waals surface area contributed by atoms with Crippen LogP contribution in [0.2, 0.25) is 0 Å². The zero-order valence-electron chi connectivity index (χ0n) is 18.9. The lowest BCUT2D eigenvalue weighted by atomic mass is 10.1. The molecule has 0 unspecified atom stereocenters. The number of piperazine rings is 1. The van der Waals surface area contributed by atoms with Crippen LogP contribution in [0.3, 0.4) is 0 Å². The molecule has 1 amide bonds. The fraction of sp³-hybridized carbons (Fsp3) is 0.417. The van der Waals surface area contributed by atoms with Gasteiger partial charge in [0.25, 0.3) is 0 Å². The third kappa shape index (κ3) is 4.79. The predicted octanol–water partition coefficient (Wildman–Crippen LogP) is 3.40. The van der Waals surface area contributed by atoms with Crippen LogP contribution in [0.15, 0.2) is 36.5 Å². The standard InChI is InChI=1S/C24H29FN6O/c1-4-5-21-27-24(19-6-7-20(25)18(3)15-19)28-31(21)16-23(32)30-12-10-29(11-13-30)22-14-17(2)8-9-26-22/h6-9,14-15H,4-5,10-13,16H2,1-3H3. The van der Waals surface area contributed by atoms with Crippen LogP contribution in [-0.4, -0.2) is 56.7 Å². The first-order valence-electron chi connectivity index (χ1n) is 11.1. The molecule has 0 aliphatic carbocycles. The molecule has 1 aliphatic heterocycles. The summed E-state index contributed by atoms with van der Waals surface area (Å²) in [4.78, 5) is 26.2. The molecule has 0 radical (unpaired) electrons. The fourth-order valence-electron chi connectivity index (χ4n) is 3.92. The average Bonchev–Trinajstić information content (AvgIpc) is 3.18. The van der Waals surface area contributed by atoms with Gasteiger partial charge in [0.05, 0.1) is 0 Å². The van der Waals surface area contributed by atoms with E-state index in [2.05, 4.69) is 39.9 Å². The van der Waals surface area contributed by atoms with Gasteiger partial charge in [-0.15, -0.1) is 0 Å². The molecule has 8 heteroatoms. The maximum atomic E-state index is 13.6. The molecule has 1 aromatic carbocycles. The molecular weight excluding hydrogens is 407 g/mol. The molecule has 1 saturated heterocycles. The summed E-state index contributed by atoms with van der Waals surface area (Å²) in [5.74, 6) is 2.04. The number of halogens is 1. The summed E-state index contributed by atoms with van der Waals surface area (Å²) in [6, 6.07) is 8.90. The number of pyridine rings is 1. The number of carbonyl (C=O) groups excluding carboxylic acids is 1. The normalized spacial score (nSPS) is 14.1. The van der Waals surface area contributed by atoms with E-state index in [4.69, 9.17) is 0 Å². The van der Waals surface area contributed by atoms with Crippen molar-refractivity contribution in [3.05, 3.63) is 59.3 Å². The molecule has 3 aromatic rings. The predicted molar refractivity (Wildman–Crippen MR) is 122 cm³/mol. The third-order valence-electron chi connectivity index (χ3n) is 5.78. The molecule has 7 nitrogen and oxygen atoms in total. The van der Waals surface area contributed by atoms with Crippen molar-refractivity contribution >= 4 is 11.7 Å². The van der Waals surface area contributed by atoms with Gasteiger partial charge in [0.15, 0.2) is 5.82 Å². The van der Waals surface area contributed by atoms with Gasteiger partial charge in [-0.3, -0.25) is 4.79 Å². The Bertz CT molecular complexity index is 1100. The van der Waals surface area contributed by atoms with Gasteiger partial charge in [0.2, 0.25) is 5.91 Å². The number of anilines is 1. The van der Waals surface area contributed by atoms with Crippen molar-refractivity contribution in [2.24, 2.45) is 0 Å². The molecule has 0 saturated carbocycles. The summed E-state index contributed by atoms with van der Waals surface area (Å²) < 4.78 is 15.4. The van der Waals surface area contributed by atoms with E-state index in [9.17, 15) is 9.18 Å². The number of aromatic nitrogens is 4. The maximum absolute atomic E-state index is 13.6. The number of nitrogens with zero attached hydrogens (tertiary/aromatic N) is 6. The topological polar surface area (TPSA) is 67.2 Å². The molecule has 0 atom stereocenters. The second-order valence-electron chi connectivity index (χ2n) is 8.28. The van der Waals surface area contributed by atoms with Crippen LogP contribution in [0.5, 0.6) is 0 Å². The molecule has 2 aromatic heterocycles. The Kier molecular flexibility index (Phi) is 6.48. The molecular formula is C24H29FN6O. The molecule has 1 aliphatic rings. The van der Waals surface area contributed by atoms with Gasteiger partial charge in [0.1, 0.15) is 24.0 Å². The number of amides is 1. The quantitative estimate of drug-likeness (QED) is 0.593. The van der Waals surface area contributed by atoms with Gasteiger partial charge in [-0.25, -0.2) is 19.0 Å². The number of aryl methyl sites for hydroxylation is 3. The highest BCUT2D eigenvalue weighted by molar-refractivity contribution is 5.76. The molecule has 0 bridgehead atoms. The van der Waals surface area contributed by atoms with Crippen LogP contribution < -0.4 is 4.90 Å². The van der Waals surface area contributed by atoms with Gasteiger partial charge in [-0.1, -0.05) is 6.92 Å². The first-order valence-corrected chi connectivity index (χ1v) is 11.1. The Balaban J connectivity index is 1.44.